The fraction of sp³-hybridized carbons (Fsp3) is 0.533. The number of benzene rings is 1. The van der Waals surface area contributed by atoms with Gasteiger partial charge in [-0.15, -0.1) is 0 Å². The zero-order chi connectivity index (χ0) is 14.4. The normalized spacial score (nSPS) is 19.8. The molecule has 0 saturated carbocycles. The summed E-state index contributed by atoms with van der Waals surface area (Å²) in [5.41, 5.74) is 0.905. The average Bonchev–Trinajstić information content (AvgIpc) is 2.46. The van der Waals surface area contributed by atoms with Crippen LogP contribution in [0, 0.1) is 5.92 Å². The molecule has 20 heavy (non-hydrogen) atoms. The summed E-state index contributed by atoms with van der Waals surface area (Å²) in [6, 6.07) is 7.45. The Hall–Kier alpha value is -1.13. The van der Waals surface area contributed by atoms with E-state index in [9.17, 15) is 9.18 Å². The highest BCUT2D eigenvalue weighted by Crippen LogP contribution is 2.17. The largest absolute Gasteiger partial charge is 0.351 e. The minimum atomic E-state index is -0.294. The number of alkyl halides is 1. The van der Waals surface area contributed by atoms with Gasteiger partial charge in [-0.05, 0) is 31.0 Å². The second kappa shape index (κ2) is 7.60. The van der Waals surface area contributed by atoms with Crippen LogP contribution in [0.3, 0.4) is 0 Å². The van der Waals surface area contributed by atoms with Crippen molar-refractivity contribution in [3.63, 3.8) is 0 Å². The number of piperidine rings is 1. The number of rotatable bonds is 5. The Kier molecular flexibility index (Phi) is 5.80. The van der Waals surface area contributed by atoms with Gasteiger partial charge in [-0.25, -0.2) is 0 Å². The van der Waals surface area contributed by atoms with E-state index in [0.717, 1.165) is 24.9 Å². The van der Waals surface area contributed by atoms with Crippen LogP contribution in [0.15, 0.2) is 24.3 Å². The van der Waals surface area contributed by atoms with Gasteiger partial charge in [-0.3, -0.25) is 14.1 Å². The molecule has 1 N–H and O–H groups in total. The fourth-order valence-corrected chi connectivity index (χ4v) is 2.72. The van der Waals surface area contributed by atoms with Crippen molar-refractivity contribution in [1.29, 1.82) is 0 Å². The van der Waals surface area contributed by atoms with Gasteiger partial charge in [0, 0.05) is 24.0 Å². The number of likely N-dealkylation sites (tertiary alicyclic amines) is 1. The van der Waals surface area contributed by atoms with Gasteiger partial charge in [-0.1, -0.05) is 29.8 Å². The van der Waals surface area contributed by atoms with E-state index >= 15 is 0 Å². The van der Waals surface area contributed by atoms with E-state index in [4.69, 9.17) is 11.6 Å². The van der Waals surface area contributed by atoms with E-state index in [-0.39, 0.29) is 18.5 Å². The number of hydrogen-bond acceptors (Lipinski definition) is 2. The maximum atomic E-state index is 12.7. The Labute approximate surface area is 124 Å². The molecule has 1 aliphatic rings. The smallest absolute Gasteiger partial charge is 0.234 e. The lowest BCUT2D eigenvalue weighted by atomic mass is 9.99. The zero-order valence-electron chi connectivity index (χ0n) is 11.4. The molecular formula is C15H20ClFN2O. The summed E-state index contributed by atoms with van der Waals surface area (Å²) in [6.45, 7) is 2.02. The molecule has 0 spiro atoms. The highest BCUT2D eigenvalue weighted by molar-refractivity contribution is 6.31. The fourth-order valence-electron chi connectivity index (χ4n) is 2.52. The molecule has 1 atom stereocenters. The molecule has 1 aromatic carbocycles. The SMILES string of the molecule is O=C(CN1CCCC(CF)C1)NCc1ccccc1Cl. The Morgan fingerprint density at radius 3 is 3.00 bits per heavy atom. The molecular weight excluding hydrogens is 279 g/mol. The first-order chi connectivity index (χ1) is 9.69. The van der Waals surface area contributed by atoms with Crippen LogP contribution in [-0.2, 0) is 11.3 Å². The first kappa shape index (κ1) is 15.3. The van der Waals surface area contributed by atoms with Gasteiger partial charge in [0.15, 0.2) is 0 Å². The van der Waals surface area contributed by atoms with Gasteiger partial charge in [0.05, 0.1) is 13.2 Å². The van der Waals surface area contributed by atoms with Crippen molar-refractivity contribution in [2.24, 2.45) is 5.92 Å². The summed E-state index contributed by atoms with van der Waals surface area (Å²) in [6.07, 6.45) is 1.89. The summed E-state index contributed by atoms with van der Waals surface area (Å²) in [5.74, 6) is 0.0459. The molecule has 1 aromatic rings. The lowest BCUT2D eigenvalue weighted by molar-refractivity contribution is -0.122. The number of nitrogens with one attached hydrogen (secondary N) is 1. The molecule has 1 saturated heterocycles. The van der Waals surface area contributed by atoms with Crippen molar-refractivity contribution in [3.05, 3.63) is 34.9 Å². The summed E-state index contributed by atoms with van der Waals surface area (Å²) in [4.78, 5) is 13.9. The van der Waals surface area contributed by atoms with Gasteiger partial charge in [0.25, 0.3) is 0 Å². The monoisotopic (exact) mass is 298 g/mol. The molecule has 1 amide bonds. The van der Waals surface area contributed by atoms with E-state index < -0.39 is 0 Å². The molecule has 1 aliphatic heterocycles. The van der Waals surface area contributed by atoms with Crippen molar-refractivity contribution in [1.82, 2.24) is 10.2 Å². The molecule has 3 nitrogen and oxygen atoms in total. The number of carbonyl (C=O) groups is 1. The van der Waals surface area contributed by atoms with Crippen molar-refractivity contribution in [2.45, 2.75) is 19.4 Å². The average molecular weight is 299 g/mol. The Balaban J connectivity index is 1.77. The van der Waals surface area contributed by atoms with Crippen LogP contribution in [-0.4, -0.2) is 37.1 Å². The molecule has 0 radical (unpaired) electrons. The molecule has 110 valence electrons. The molecule has 0 aromatic heterocycles. The minimum Gasteiger partial charge on any atom is -0.351 e. The third kappa shape index (κ3) is 4.46. The second-order valence-corrected chi connectivity index (χ2v) is 5.67. The van der Waals surface area contributed by atoms with Crippen LogP contribution in [0.1, 0.15) is 18.4 Å². The predicted molar refractivity (Wildman–Crippen MR) is 78.4 cm³/mol. The van der Waals surface area contributed by atoms with E-state index in [0.29, 0.717) is 24.7 Å². The van der Waals surface area contributed by atoms with Crippen molar-refractivity contribution in [3.8, 4) is 0 Å². The standard InChI is InChI=1S/C15H20ClFN2O/c16-14-6-2-1-5-13(14)9-18-15(20)11-19-7-3-4-12(8-17)10-19/h1-2,5-6,12H,3-4,7-11H2,(H,18,20). The van der Waals surface area contributed by atoms with Gasteiger partial charge >= 0.3 is 0 Å². The first-order valence-electron chi connectivity index (χ1n) is 6.97. The molecule has 0 bridgehead atoms. The highest BCUT2D eigenvalue weighted by atomic mass is 35.5. The molecule has 5 heteroatoms. The van der Waals surface area contributed by atoms with Crippen molar-refractivity contribution in [2.75, 3.05) is 26.3 Å². The van der Waals surface area contributed by atoms with Gasteiger partial charge in [-0.2, -0.15) is 0 Å². The van der Waals surface area contributed by atoms with Crippen molar-refractivity contribution >= 4 is 17.5 Å². The first-order valence-corrected chi connectivity index (χ1v) is 7.35. The summed E-state index contributed by atoms with van der Waals surface area (Å²) < 4.78 is 12.7. The highest BCUT2D eigenvalue weighted by Gasteiger charge is 2.21. The molecule has 1 fully saturated rings. The topological polar surface area (TPSA) is 32.3 Å². The van der Waals surface area contributed by atoms with E-state index in [1.807, 2.05) is 23.1 Å². The van der Waals surface area contributed by atoms with Crippen LogP contribution in [0.5, 0.6) is 0 Å². The third-order valence-corrected chi connectivity index (χ3v) is 3.99. The Bertz CT molecular complexity index is 455. The number of carbonyl (C=O) groups excluding carboxylic acids is 1. The van der Waals surface area contributed by atoms with Crippen LogP contribution in [0.25, 0.3) is 0 Å². The van der Waals surface area contributed by atoms with Gasteiger partial charge < -0.3 is 5.32 Å². The molecule has 2 rings (SSSR count). The van der Waals surface area contributed by atoms with Crippen LogP contribution < -0.4 is 5.32 Å². The quantitative estimate of drug-likeness (QED) is 0.906. The molecule has 1 heterocycles. The molecule has 1 unspecified atom stereocenters. The van der Waals surface area contributed by atoms with E-state index in [1.165, 1.54) is 0 Å². The van der Waals surface area contributed by atoms with Gasteiger partial charge in [0.1, 0.15) is 0 Å². The third-order valence-electron chi connectivity index (χ3n) is 3.62. The van der Waals surface area contributed by atoms with Crippen molar-refractivity contribution < 1.29 is 9.18 Å². The van der Waals surface area contributed by atoms with E-state index in [1.54, 1.807) is 6.07 Å². The van der Waals surface area contributed by atoms with Crippen LogP contribution in [0.2, 0.25) is 5.02 Å². The molecule has 0 aliphatic carbocycles. The summed E-state index contributed by atoms with van der Waals surface area (Å²) in [5, 5.41) is 3.52. The number of nitrogens with zero attached hydrogens (tertiary/aromatic N) is 1. The summed E-state index contributed by atoms with van der Waals surface area (Å²) in [7, 11) is 0. The minimum absolute atomic E-state index is 0.0376. The van der Waals surface area contributed by atoms with Crippen LogP contribution >= 0.6 is 11.6 Å². The lowest BCUT2D eigenvalue weighted by Gasteiger charge is -2.30. The lowest BCUT2D eigenvalue weighted by Crippen LogP contribution is -2.42. The maximum Gasteiger partial charge on any atom is 0.234 e. The summed E-state index contributed by atoms with van der Waals surface area (Å²) >= 11 is 6.03. The predicted octanol–water partition coefficient (Wildman–Crippen LogP) is 2.64. The number of amides is 1. The maximum absolute atomic E-state index is 12.7. The Morgan fingerprint density at radius 2 is 2.25 bits per heavy atom. The number of halogens is 2. The Morgan fingerprint density at radius 1 is 1.45 bits per heavy atom. The second-order valence-electron chi connectivity index (χ2n) is 5.27. The van der Waals surface area contributed by atoms with Gasteiger partial charge in [0.2, 0.25) is 5.91 Å². The number of hydrogen-bond donors (Lipinski definition) is 1. The zero-order valence-corrected chi connectivity index (χ0v) is 12.2. The van der Waals surface area contributed by atoms with Crippen LogP contribution in [0.4, 0.5) is 4.39 Å². The van der Waals surface area contributed by atoms with E-state index in [2.05, 4.69) is 5.32 Å².